The van der Waals surface area contributed by atoms with Crippen LogP contribution in [0.15, 0.2) is 22.8 Å². The topological polar surface area (TPSA) is 108 Å². The molecule has 23 heavy (non-hydrogen) atoms. The third-order valence-electron chi connectivity index (χ3n) is 3.20. The summed E-state index contributed by atoms with van der Waals surface area (Å²) in [7, 11) is -3.78. The van der Waals surface area contributed by atoms with Crippen molar-refractivity contribution in [2.45, 2.75) is 6.42 Å². The zero-order chi connectivity index (χ0) is 16.2. The molecule has 0 atom stereocenters. The first-order valence-corrected chi connectivity index (χ1v) is 9.53. The minimum atomic E-state index is -4.11. The Kier molecular flexibility index (Phi) is 8.11. The number of carbonyl (C=O) groups excluding carboxylic acids is 2. The fourth-order valence-corrected chi connectivity index (χ4v) is 3.46. The Morgan fingerprint density at radius 2 is 1.83 bits per heavy atom. The van der Waals surface area contributed by atoms with Gasteiger partial charge in [-0.2, -0.15) is 8.42 Å². The third-order valence-corrected chi connectivity index (χ3v) is 5.26. The average Bonchev–Trinajstić information content (AvgIpc) is 2.99. The van der Waals surface area contributed by atoms with Crippen LogP contribution >= 0.6 is 10.8 Å². The van der Waals surface area contributed by atoms with Crippen LogP contribution in [0.3, 0.4) is 0 Å². The van der Waals surface area contributed by atoms with Crippen LogP contribution < -0.4 is 29.6 Å². The quantitative estimate of drug-likeness (QED) is 0.346. The van der Waals surface area contributed by atoms with Crippen LogP contribution in [0.2, 0.25) is 0 Å². The fraction of sp³-hybridized carbons (Fsp3) is 0.500. The van der Waals surface area contributed by atoms with E-state index >= 15 is 0 Å². The van der Waals surface area contributed by atoms with Crippen molar-refractivity contribution in [3.8, 4) is 0 Å². The van der Waals surface area contributed by atoms with E-state index in [1.54, 1.807) is 21.9 Å². The van der Waals surface area contributed by atoms with E-state index in [1.165, 1.54) is 6.26 Å². The van der Waals surface area contributed by atoms with Crippen molar-refractivity contribution >= 4 is 31.8 Å². The molecule has 8 nitrogen and oxygen atoms in total. The number of hydrogen-bond acceptors (Lipinski definition) is 6. The smallest absolute Gasteiger partial charge is 0.459 e. The van der Waals surface area contributed by atoms with E-state index in [4.69, 9.17) is 8.97 Å². The van der Waals surface area contributed by atoms with Crippen molar-refractivity contribution in [1.29, 1.82) is 0 Å². The van der Waals surface area contributed by atoms with Gasteiger partial charge in [0.25, 0.3) is 5.91 Å². The van der Waals surface area contributed by atoms with E-state index in [9.17, 15) is 18.0 Å². The standard InChI is InChI=1S/C12H16N2O6S2.Na/c15-11(3-9-21-22(17,18)19)13-4-6-14(7-5-13)12(16)10-2-1-8-20-10;/h1-2,8H,3-7,9H2,(H,17,18,19);/q;+1. The molecular weight excluding hydrogens is 355 g/mol. The van der Waals surface area contributed by atoms with Gasteiger partial charge in [-0.3, -0.25) is 14.1 Å². The van der Waals surface area contributed by atoms with Gasteiger partial charge in [-0.05, 0) is 22.9 Å². The van der Waals surface area contributed by atoms with E-state index in [2.05, 4.69) is 0 Å². The second kappa shape index (κ2) is 9.09. The first-order chi connectivity index (χ1) is 10.4. The predicted octanol–water partition coefficient (Wildman–Crippen LogP) is -2.51. The normalized spacial score (nSPS) is 15.2. The zero-order valence-electron chi connectivity index (χ0n) is 12.7. The second-order valence-electron chi connectivity index (χ2n) is 4.65. The van der Waals surface area contributed by atoms with E-state index in [-0.39, 0.29) is 59.3 Å². The zero-order valence-corrected chi connectivity index (χ0v) is 16.3. The van der Waals surface area contributed by atoms with Crippen LogP contribution in [0.1, 0.15) is 17.0 Å². The Labute approximate surface area is 160 Å². The van der Waals surface area contributed by atoms with Crippen molar-refractivity contribution in [1.82, 2.24) is 9.80 Å². The number of carbonyl (C=O) groups is 2. The van der Waals surface area contributed by atoms with Crippen LogP contribution in [-0.4, -0.2) is 66.5 Å². The maximum absolute atomic E-state index is 12.1. The van der Waals surface area contributed by atoms with Crippen LogP contribution in [0.5, 0.6) is 0 Å². The molecule has 1 saturated heterocycles. The number of amides is 2. The molecule has 0 aliphatic carbocycles. The third kappa shape index (κ3) is 6.48. The van der Waals surface area contributed by atoms with Gasteiger partial charge in [0.1, 0.15) is 0 Å². The minimum absolute atomic E-state index is 0. The molecule has 2 heterocycles. The molecule has 0 bridgehead atoms. The molecule has 1 aliphatic rings. The minimum Gasteiger partial charge on any atom is -0.459 e. The first kappa shape index (κ1) is 20.5. The summed E-state index contributed by atoms with van der Waals surface area (Å²) >= 11 is 0. The summed E-state index contributed by atoms with van der Waals surface area (Å²) in [6, 6.07) is 3.23. The van der Waals surface area contributed by atoms with Crippen LogP contribution in [-0.2, 0) is 13.9 Å². The van der Waals surface area contributed by atoms with Gasteiger partial charge in [0.05, 0.1) is 6.26 Å². The molecule has 1 N–H and O–H groups in total. The van der Waals surface area contributed by atoms with Gasteiger partial charge in [-0.1, -0.05) is 0 Å². The van der Waals surface area contributed by atoms with Gasteiger partial charge in [0.2, 0.25) is 5.91 Å². The molecule has 1 aromatic heterocycles. The molecule has 1 aliphatic heterocycles. The van der Waals surface area contributed by atoms with Gasteiger partial charge in [0.15, 0.2) is 5.76 Å². The summed E-state index contributed by atoms with van der Waals surface area (Å²) in [5, 5.41) is 0. The molecule has 2 amide bonds. The summed E-state index contributed by atoms with van der Waals surface area (Å²) in [5.41, 5.74) is 0. The monoisotopic (exact) mass is 371 g/mol. The van der Waals surface area contributed by atoms with Crippen LogP contribution in [0.25, 0.3) is 0 Å². The van der Waals surface area contributed by atoms with Gasteiger partial charge < -0.3 is 14.2 Å². The summed E-state index contributed by atoms with van der Waals surface area (Å²) in [6.45, 7) is 1.58. The van der Waals surface area contributed by atoms with Gasteiger partial charge in [0, 0.05) is 38.4 Å². The predicted molar refractivity (Wildman–Crippen MR) is 79.8 cm³/mol. The molecule has 0 aromatic carbocycles. The SMILES string of the molecule is O=C(CCSS(=O)(=O)O)N1CCN(C(=O)c2ccco2)CC1.[Na+]. The molecule has 0 radical (unpaired) electrons. The number of nitrogens with zero attached hydrogens (tertiary/aromatic N) is 2. The van der Waals surface area contributed by atoms with E-state index in [0.717, 1.165) is 0 Å². The number of furan rings is 1. The molecule has 0 saturated carbocycles. The van der Waals surface area contributed by atoms with E-state index in [0.29, 0.717) is 37.0 Å². The van der Waals surface area contributed by atoms with Crippen molar-refractivity contribution in [2.75, 3.05) is 31.9 Å². The maximum atomic E-state index is 12.1. The molecule has 1 aromatic rings. The molecule has 0 spiro atoms. The Balaban J connectivity index is 0.00000264. The Morgan fingerprint density at radius 1 is 1.22 bits per heavy atom. The van der Waals surface area contributed by atoms with E-state index < -0.39 is 9.15 Å². The number of piperazine rings is 1. The van der Waals surface area contributed by atoms with Crippen molar-refractivity contribution in [3.05, 3.63) is 24.2 Å². The number of rotatable bonds is 5. The van der Waals surface area contributed by atoms with Gasteiger partial charge >= 0.3 is 38.7 Å². The van der Waals surface area contributed by atoms with Gasteiger partial charge in [-0.25, -0.2) is 0 Å². The molecule has 1 fully saturated rings. The first-order valence-electron chi connectivity index (χ1n) is 6.59. The van der Waals surface area contributed by atoms with Crippen molar-refractivity contribution in [3.63, 3.8) is 0 Å². The second-order valence-corrected chi connectivity index (χ2v) is 8.12. The Hall–Kier alpha value is -0.520. The molecular formula is C12H16N2NaO6S2+. The molecule has 11 heteroatoms. The maximum Gasteiger partial charge on any atom is 1.00 e. The molecule has 0 unspecified atom stereocenters. The number of hydrogen-bond donors (Lipinski definition) is 1. The summed E-state index contributed by atoms with van der Waals surface area (Å²) in [5.74, 6) is -0.131. The van der Waals surface area contributed by atoms with E-state index in [1.807, 2.05) is 0 Å². The molecule has 2 rings (SSSR count). The van der Waals surface area contributed by atoms with Gasteiger partial charge in [-0.15, -0.1) is 0 Å². The van der Waals surface area contributed by atoms with Crippen molar-refractivity contribution < 1.29 is 56.5 Å². The van der Waals surface area contributed by atoms with Crippen LogP contribution in [0.4, 0.5) is 0 Å². The Morgan fingerprint density at radius 3 is 2.35 bits per heavy atom. The summed E-state index contributed by atoms with van der Waals surface area (Å²) in [6.07, 6.45) is 1.45. The fourth-order valence-electron chi connectivity index (χ4n) is 2.11. The van der Waals surface area contributed by atoms with Crippen LogP contribution in [0, 0.1) is 0 Å². The molecule has 122 valence electrons. The van der Waals surface area contributed by atoms with Crippen molar-refractivity contribution in [2.24, 2.45) is 0 Å². The summed E-state index contributed by atoms with van der Waals surface area (Å²) in [4.78, 5) is 27.1. The summed E-state index contributed by atoms with van der Waals surface area (Å²) < 4.78 is 34.8. The average molecular weight is 371 g/mol. The largest absolute Gasteiger partial charge is 1.00 e. The Bertz CT molecular complexity index is 626.